The number of hydrogen-bond acceptors (Lipinski definition) is 6. The first-order chi connectivity index (χ1) is 9.74. The number of carbonyl (C=O) groups excluding carboxylic acids is 1. The molecule has 1 saturated heterocycles. The van der Waals surface area contributed by atoms with Crippen molar-refractivity contribution in [2.45, 2.75) is 22.6 Å². The van der Waals surface area contributed by atoms with E-state index in [1.165, 1.54) is 5.38 Å². The van der Waals surface area contributed by atoms with Crippen LogP contribution >= 0.6 is 23.1 Å². The van der Waals surface area contributed by atoms with Crippen LogP contribution in [0.25, 0.3) is 0 Å². The molecule has 0 aromatic carbocycles. The predicted molar refractivity (Wildman–Crippen MR) is 80.1 cm³/mol. The Morgan fingerprint density at radius 2 is 1.95 bits per heavy atom. The van der Waals surface area contributed by atoms with Crippen molar-refractivity contribution in [1.29, 1.82) is 0 Å². The highest BCUT2D eigenvalue weighted by Gasteiger charge is 2.41. The lowest BCUT2D eigenvalue weighted by molar-refractivity contribution is -0.144. The number of carboxylic acids is 1. The molecule has 0 radical (unpaired) electrons. The third-order valence-corrected chi connectivity index (χ3v) is 6.60. The van der Waals surface area contributed by atoms with Gasteiger partial charge in [-0.3, -0.25) is 4.79 Å². The van der Waals surface area contributed by atoms with Crippen molar-refractivity contribution in [1.82, 2.24) is 5.32 Å². The lowest BCUT2D eigenvalue weighted by Crippen LogP contribution is -2.56. The summed E-state index contributed by atoms with van der Waals surface area (Å²) >= 11 is 2.47. The first kappa shape index (κ1) is 16.3. The molecule has 7 nitrogen and oxygen atoms in total. The molecule has 0 unspecified atom stereocenters. The maximum absolute atomic E-state index is 12.2. The number of primary sulfonamides is 1. The van der Waals surface area contributed by atoms with Gasteiger partial charge in [-0.1, -0.05) is 0 Å². The number of thiophene rings is 1. The quantitative estimate of drug-likeness (QED) is 0.725. The molecule has 1 aromatic heterocycles. The van der Waals surface area contributed by atoms with Gasteiger partial charge < -0.3 is 10.4 Å². The van der Waals surface area contributed by atoms with Crippen LogP contribution in [0.5, 0.6) is 0 Å². The second-order valence-electron chi connectivity index (χ2n) is 4.65. The Labute approximate surface area is 130 Å². The van der Waals surface area contributed by atoms with Crippen LogP contribution in [0, 0.1) is 0 Å². The zero-order chi connectivity index (χ0) is 15.7. The van der Waals surface area contributed by atoms with Crippen molar-refractivity contribution >= 4 is 45.0 Å². The van der Waals surface area contributed by atoms with Gasteiger partial charge in [-0.15, -0.1) is 11.3 Å². The summed E-state index contributed by atoms with van der Waals surface area (Å²) in [6.07, 6.45) is 0.676. The summed E-state index contributed by atoms with van der Waals surface area (Å²) in [6.45, 7) is 0. The van der Waals surface area contributed by atoms with Crippen molar-refractivity contribution in [2.24, 2.45) is 5.14 Å². The van der Waals surface area contributed by atoms with Crippen LogP contribution < -0.4 is 10.5 Å². The van der Waals surface area contributed by atoms with E-state index in [-0.39, 0.29) is 9.77 Å². The summed E-state index contributed by atoms with van der Waals surface area (Å²) < 4.78 is 22.3. The maximum atomic E-state index is 12.2. The zero-order valence-electron chi connectivity index (χ0n) is 10.9. The first-order valence-electron chi connectivity index (χ1n) is 6.00. The fourth-order valence-electron chi connectivity index (χ4n) is 1.99. The van der Waals surface area contributed by atoms with Gasteiger partial charge in [-0.25, -0.2) is 18.4 Å². The van der Waals surface area contributed by atoms with Crippen molar-refractivity contribution in [3.05, 3.63) is 17.0 Å². The fraction of sp³-hybridized carbons (Fsp3) is 0.455. The van der Waals surface area contributed by atoms with E-state index in [1.54, 1.807) is 11.8 Å². The summed E-state index contributed by atoms with van der Waals surface area (Å²) in [7, 11) is -3.86. The number of amides is 1. The van der Waals surface area contributed by atoms with Gasteiger partial charge in [0, 0.05) is 5.38 Å². The average molecular weight is 350 g/mol. The smallest absolute Gasteiger partial charge is 0.329 e. The van der Waals surface area contributed by atoms with Crippen LogP contribution in [0.4, 0.5) is 0 Å². The van der Waals surface area contributed by atoms with Gasteiger partial charge in [0.1, 0.15) is 9.75 Å². The van der Waals surface area contributed by atoms with Gasteiger partial charge in [0.25, 0.3) is 5.91 Å². The lowest BCUT2D eigenvalue weighted by atomic mass is 9.92. The number of thioether (sulfide) groups is 1. The average Bonchev–Trinajstić information content (AvgIpc) is 2.89. The minimum absolute atomic E-state index is 0.0999. The van der Waals surface area contributed by atoms with Gasteiger partial charge in [-0.05, 0) is 30.4 Å². The number of nitrogens with two attached hydrogens (primary N) is 1. The zero-order valence-corrected chi connectivity index (χ0v) is 13.3. The Morgan fingerprint density at radius 1 is 1.33 bits per heavy atom. The topological polar surface area (TPSA) is 127 Å². The minimum Gasteiger partial charge on any atom is -0.480 e. The largest absolute Gasteiger partial charge is 0.480 e. The van der Waals surface area contributed by atoms with Crippen LogP contribution in [0.2, 0.25) is 0 Å². The molecule has 0 spiro atoms. The summed E-state index contributed by atoms with van der Waals surface area (Å²) in [4.78, 5) is 23.6. The Hall–Kier alpha value is -1.10. The van der Waals surface area contributed by atoms with E-state index in [4.69, 9.17) is 5.14 Å². The molecule has 0 saturated carbocycles. The highest BCUT2D eigenvalue weighted by atomic mass is 32.2. The van der Waals surface area contributed by atoms with E-state index < -0.39 is 27.4 Å². The number of aliphatic carboxylic acids is 1. The number of rotatable bonds is 4. The highest BCUT2D eigenvalue weighted by Crippen LogP contribution is 2.28. The van der Waals surface area contributed by atoms with Gasteiger partial charge in [0.15, 0.2) is 0 Å². The number of carboxylic acid groups (broad SMARTS) is 1. The molecule has 21 heavy (non-hydrogen) atoms. The molecule has 1 aliphatic rings. The molecule has 10 heteroatoms. The molecular formula is C11H14N2O5S3. The van der Waals surface area contributed by atoms with E-state index in [2.05, 4.69) is 5.32 Å². The Kier molecular flexibility index (Phi) is 4.61. The molecular weight excluding hydrogens is 336 g/mol. The molecule has 0 atom stereocenters. The van der Waals surface area contributed by atoms with E-state index >= 15 is 0 Å². The molecule has 2 rings (SSSR count). The highest BCUT2D eigenvalue weighted by molar-refractivity contribution is 7.99. The van der Waals surface area contributed by atoms with E-state index in [0.29, 0.717) is 24.3 Å². The SMILES string of the molecule is NS(=O)(=O)c1cc(C(=O)NC2(C(=O)O)CCSCC2)cs1. The van der Waals surface area contributed by atoms with Crippen molar-refractivity contribution in [2.75, 3.05) is 11.5 Å². The molecule has 116 valence electrons. The molecule has 0 bridgehead atoms. The monoisotopic (exact) mass is 350 g/mol. The van der Waals surface area contributed by atoms with E-state index in [9.17, 15) is 23.1 Å². The Bertz CT molecular complexity index is 661. The number of hydrogen-bond donors (Lipinski definition) is 3. The molecule has 4 N–H and O–H groups in total. The van der Waals surface area contributed by atoms with Crippen LogP contribution in [0.3, 0.4) is 0 Å². The normalized spacial score (nSPS) is 18.1. The molecule has 1 aromatic rings. The van der Waals surface area contributed by atoms with Crippen LogP contribution in [-0.4, -0.2) is 42.4 Å². The van der Waals surface area contributed by atoms with Crippen LogP contribution in [0.15, 0.2) is 15.7 Å². The molecule has 2 heterocycles. The van der Waals surface area contributed by atoms with E-state index in [0.717, 1.165) is 17.4 Å². The molecule has 1 amide bonds. The fourth-order valence-corrected chi connectivity index (χ4v) is 4.76. The molecule has 1 aliphatic heterocycles. The second kappa shape index (κ2) is 5.95. The summed E-state index contributed by atoms with van der Waals surface area (Å²) in [6, 6.07) is 1.16. The summed E-state index contributed by atoms with van der Waals surface area (Å²) in [5, 5.41) is 18.2. The van der Waals surface area contributed by atoms with Gasteiger partial charge in [-0.2, -0.15) is 11.8 Å². The predicted octanol–water partition coefficient (Wildman–Crippen LogP) is 0.476. The minimum atomic E-state index is -3.86. The number of carbonyl (C=O) groups is 2. The third kappa shape index (κ3) is 3.57. The Balaban J connectivity index is 2.20. The van der Waals surface area contributed by atoms with Gasteiger partial charge in [0.05, 0.1) is 5.56 Å². The molecule has 0 aliphatic carbocycles. The Morgan fingerprint density at radius 3 is 2.43 bits per heavy atom. The number of sulfonamides is 1. The van der Waals surface area contributed by atoms with Crippen LogP contribution in [-0.2, 0) is 14.8 Å². The summed E-state index contributed by atoms with van der Waals surface area (Å²) in [5.74, 6) is -0.370. The van der Waals surface area contributed by atoms with Gasteiger partial charge >= 0.3 is 5.97 Å². The van der Waals surface area contributed by atoms with Gasteiger partial charge in [0.2, 0.25) is 10.0 Å². The second-order valence-corrected chi connectivity index (χ2v) is 8.58. The third-order valence-electron chi connectivity index (χ3n) is 3.23. The van der Waals surface area contributed by atoms with Crippen LogP contribution in [0.1, 0.15) is 23.2 Å². The summed E-state index contributed by atoms with van der Waals surface area (Å²) in [5.41, 5.74) is -1.19. The first-order valence-corrected chi connectivity index (χ1v) is 9.58. The lowest BCUT2D eigenvalue weighted by Gasteiger charge is -2.33. The van der Waals surface area contributed by atoms with Crippen molar-refractivity contribution < 1.29 is 23.1 Å². The van der Waals surface area contributed by atoms with Crippen molar-refractivity contribution in [3.8, 4) is 0 Å². The maximum Gasteiger partial charge on any atom is 0.329 e. The van der Waals surface area contributed by atoms with E-state index in [1.807, 2.05) is 0 Å². The molecule has 1 fully saturated rings. The van der Waals surface area contributed by atoms with Crippen molar-refractivity contribution in [3.63, 3.8) is 0 Å². The standard InChI is InChI=1S/C11H14N2O5S3/c12-21(17,18)8-5-7(6-20-8)9(14)13-11(10(15)16)1-3-19-4-2-11/h5-6H,1-4H2,(H,13,14)(H,15,16)(H2,12,17,18). The number of nitrogens with one attached hydrogen (secondary N) is 1.